The fourth-order valence-corrected chi connectivity index (χ4v) is 2.41. The highest BCUT2D eigenvalue weighted by Gasteiger charge is 2.21. The van der Waals surface area contributed by atoms with Crippen molar-refractivity contribution >= 4 is 0 Å². The van der Waals surface area contributed by atoms with Crippen LogP contribution in [0.15, 0.2) is 18.2 Å². The zero-order chi connectivity index (χ0) is 12.3. The predicted octanol–water partition coefficient (Wildman–Crippen LogP) is 1.72. The lowest BCUT2D eigenvalue weighted by molar-refractivity contribution is 0.210. The van der Waals surface area contributed by atoms with Gasteiger partial charge in [0.05, 0.1) is 0 Å². The Bertz CT molecular complexity index is 357. The summed E-state index contributed by atoms with van der Waals surface area (Å²) in [6.07, 6.45) is 1.13. The SMILES string of the molecule is CCN(Cc1cc(O)cc(F)c1)C1CCNC1. The Hall–Kier alpha value is -1.13. The second-order valence-corrected chi connectivity index (χ2v) is 4.53. The first-order valence-electron chi connectivity index (χ1n) is 6.12. The average Bonchev–Trinajstić information content (AvgIpc) is 2.77. The maximum Gasteiger partial charge on any atom is 0.127 e. The second kappa shape index (κ2) is 5.47. The first kappa shape index (κ1) is 12.3. The predicted molar refractivity (Wildman–Crippen MR) is 65.4 cm³/mol. The lowest BCUT2D eigenvalue weighted by Gasteiger charge is -2.26. The quantitative estimate of drug-likeness (QED) is 0.838. The molecule has 0 bridgehead atoms. The highest BCUT2D eigenvalue weighted by Crippen LogP contribution is 2.18. The highest BCUT2D eigenvalue weighted by molar-refractivity contribution is 5.28. The van der Waals surface area contributed by atoms with Gasteiger partial charge in [0.25, 0.3) is 0 Å². The van der Waals surface area contributed by atoms with Crippen LogP contribution < -0.4 is 5.32 Å². The van der Waals surface area contributed by atoms with Crippen LogP contribution in [0, 0.1) is 5.82 Å². The third kappa shape index (κ3) is 3.17. The van der Waals surface area contributed by atoms with Crippen LogP contribution in [-0.4, -0.2) is 35.7 Å². The summed E-state index contributed by atoms with van der Waals surface area (Å²) < 4.78 is 13.2. The van der Waals surface area contributed by atoms with E-state index in [0.29, 0.717) is 12.6 Å². The van der Waals surface area contributed by atoms with E-state index in [0.717, 1.165) is 37.7 Å². The van der Waals surface area contributed by atoms with E-state index in [2.05, 4.69) is 17.1 Å². The van der Waals surface area contributed by atoms with Crippen molar-refractivity contribution in [2.24, 2.45) is 0 Å². The molecule has 0 amide bonds. The second-order valence-electron chi connectivity index (χ2n) is 4.53. The van der Waals surface area contributed by atoms with E-state index in [4.69, 9.17) is 0 Å². The van der Waals surface area contributed by atoms with Crippen LogP contribution in [0.3, 0.4) is 0 Å². The van der Waals surface area contributed by atoms with Crippen molar-refractivity contribution in [3.05, 3.63) is 29.6 Å². The first-order chi connectivity index (χ1) is 8.19. The molecule has 1 fully saturated rings. The lowest BCUT2D eigenvalue weighted by Crippen LogP contribution is -2.36. The van der Waals surface area contributed by atoms with Crippen LogP contribution >= 0.6 is 0 Å². The molecule has 0 radical (unpaired) electrons. The molecular weight excluding hydrogens is 219 g/mol. The summed E-state index contributed by atoms with van der Waals surface area (Å²) in [7, 11) is 0. The van der Waals surface area contributed by atoms with Gasteiger partial charge in [0.2, 0.25) is 0 Å². The van der Waals surface area contributed by atoms with Crippen LogP contribution in [0.5, 0.6) is 5.75 Å². The van der Waals surface area contributed by atoms with E-state index >= 15 is 0 Å². The van der Waals surface area contributed by atoms with Crippen LogP contribution in [0.4, 0.5) is 4.39 Å². The van der Waals surface area contributed by atoms with Gasteiger partial charge in [-0.15, -0.1) is 0 Å². The van der Waals surface area contributed by atoms with Crippen LogP contribution in [0.25, 0.3) is 0 Å². The van der Waals surface area contributed by atoms with E-state index in [1.807, 2.05) is 0 Å². The minimum absolute atomic E-state index is 0.000556. The zero-order valence-corrected chi connectivity index (χ0v) is 10.1. The summed E-state index contributed by atoms with van der Waals surface area (Å²) in [5.74, 6) is -0.374. The topological polar surface area (TPSA) is 35.5 Å². The molecule has 2 N–H and O–H groups in total. The third-order valence-corrected chi connectivity index (χ3v) is 3.28. The van der Waals surface area contributed by atoms with Gasteiger partial charge in [0.15, 0.2) is 0 Å². The summed E-state index contributed by atoms with van der Waals surface area (Å²) in [5.41, 5.74) is 0.830. The van der Waals surface area contributed by atoms with Crippen molar-refractivity contribution in [3.63, 3.8) is 0 Å². The van der Waals surface area contributed by atoms with Crippen molar-refractivity contribution in [1.82, 2.24) is 10.2 Å². The molecular formula is C13H19FN2O. The number of likely N-dealkylation sites (N-methyl/N-ethyl adjacent to an activating group) is 1. The Morgan fingerprint density at radius 2 is 2.29 bits per heavy atom. The molecule has 4 heteroatoms. The van der Waals surface area contributed by atoms with Crippen molar-refractivity contribution in [1.29, 1.82) is 0 Å². The Morgan fingerprint density at radius 3 is 2.88 bits per heavy atom. The van der Waals surface area contributed by atoms with Crippen LogP contribution in [0.1, 0.15) is 18.9 Å². The van der Waals surface area contributed by atoms with Gasteiger partial charge in [-0.25, -0.2) is 4.39 Å². The molecule has 0 saturated carbocycles. The Balaban J connectivity index is 2.06. The molecule has 1 aromatic carbocycles. The lowest BCUT2D eigenvalue weighted by atomic mass is 10.1. The smallest absolute Gasteiger partial charge is 0.127 e. The molecule has 1 aliphatic rings. The molecule has 1 aromatic rings. The first-order valence-corrected chi connectivity index (χ1v) is 6.12. The number of phenolic OH excluding ortho intramolecular Hbond substituents is 1. The summed E-state index contributed by atoms with van der Waals surface area (Å²) in [6.45, 7) is 5.78. The number of hydrogen-bond acceptors (Lipinski definition) is 3. The minimum atomic E-state index is -0.374. The monoisotopic (exact) mass is 238 g/mol. The Morgan fingerprint density at radius 1 is 1.47 bits per heavy atom. The number of phenols is 1. The largest absolute Gasteiger partial charge is 0.508 e. The molecule has 0 aliphatic carbocycles. The molecule has 0 spiro atoms. The molecule has 17 heavy (non-hydrogen) atoms. The van der Waals surface area contributed by atoms with Crippen molar-refractivity contribution in [3.8, 4) is 5.75 Å². The number of halogens is 1. The van der Waals surface area contributed by atoms with Crippen LogP contribution in [-0.2, 0) is 6.54 Å². The van der Waals surface area contributed by atoms with E-state index in [-0.39, 0.29) is 11.6 Å². The molecule has 3 nitrogen and oxygen atoms in total. The fraction of sp³-hybridized carbons (Fsp3) is 0.538. The highest BCUT2D eigenvalue weighted by atomic mass is 19.1. The molecule has 1 unspecified atom stereocenters. The summed E-state index contributed by atoms with van der Waals surface area (Å²) in [4.78, 5) is 2.31. The van der Waals surface area contributed by atoms with Gasteiger partial charge >= 0.3 is 0 Å². The van der Waals surface area contributed by atoms with Gasteiger partial charge in [0.1, 0.15) is 11.6 Å². The normalized spacial score (nSPS) is 20.1. The van der Waals surface area contributed by atoms with Gasteiger partial charge in [-0.1, -0.05) is 6.92 Å². The van der Waals surface area contributed by atoms with Gasteiger partial charge in [0, 0.05) is 25.2 Å². The van der Waals surface area contributed by atoms with Crippen molar-refractivity contribution < 1.29 is 9.50 Å². The summed E-state index contributed by atoms with van der Waals surface area (Å²) >= 11 is 0. The van der Waals surface area contributed by atoms with Gasteiger partial charge in [-0.05, 0) is 37.2 Å². The number of rotatable bonds is 4. The molecule has 1 atom stereocenters. The number of benzene rings is 1. The maximum atomic E-state index is 13.2. The molecule has 2 rings (SSSR count). The fourth-order valence-electron chi connectivity index (χ4n) is 2.41. The summed E-state index contributed by atoms with van der Waals surface area (Å²) in [6, 6.07) is 4.78. The number of nitrogens with one attached hydrogen (secondary N) is 1. The Labute approximate surface area is 101 Å². The van der Waals surface area contributed by atoms with Crippen molar-refractivity contribution in [2.45, 2.75) is 25.9 Å². The van der Waals surface area contributed by atoms with E-state index < -0.39 is 0 Å². The molecule has 94 valence electrons. The number of nitrogens with zero attached hydrogens (tertiary/aromatic N) is 1. The van der Waals surface area contributed by atoms with E-state index in [1.54, 1.807) is 6.07 Å². The minimum Gasteiger partial charge on any atom is -0.508 e. The van der Waals surface area contributed by atoms with Gasteiger partial charge in [-0.3, -0.25) is 4.90 Å². The average molecular weight is 238 g/mol. The van der Waals surface area contributed by atoms with E-state index in [9.17, 15) is 9.50 Å². The standard InChI is InChI=1S/C13H19FN2O/c1-2-16(12-3-4-15-8-12)9-10-5-11(14)7-13(17)6-10/h5-7,12,15,17H,2-4,8-9H2,1H3. The molecule has 0 aromatic heterocycles. The van der Waals surface area contributed by atoms with Crippen molar-refractivity contribution in [2.75, 3.05) is 19.6 Å². The van der Waals surface area contributed by atoms with E-state index in [1.165, 1.54) is 6.07 Å². The third-order valence-electron chi connectivity index (χ3n) is 3.28. The summed E-state index contributed by atoms with van der Waals surface area (Å²) in [5, 5.41) is 12.7. The molecule has 1 saturated heterocycles. The van der Waals surface area contributed by atoms with Gasteiger partial charge < -0.3 is 10.4 Å². The van der Waals surface area contributed by atoms with Crippen LogP contribution in [0.2, 0.25) is 0 Å². The molecule has 1 aliphatic heterocycles. The maximum absolute atomic E-state index is 13.2. The number of hydrogen-bond donors (Lipinski definition) is 2. The Kier molecular flexibility index (Phi) is 3.97. The zero-order valence-electron chi connectivity index (χ0n) is 10.1. The molecule has 1 heterocycles. The van der Waals surface area contributed by atoms with Gasteiger partial charge in [-0.2, -0.15) is 0 Å². The number of aromatic hydroxyl groups is 1.